The summed E-state index contributed by atoms with van der Waals surface area (Å²) >= 11 is 0. The lowest BCUT2D eigenvalue weighted by Crippen LogP contribution is -2.20. The van der Waals surface area contributed by atoms with Crippen LogP contribution in [0, 0.1) is 0 Å². The van der Waals surface area contributed by atoms with Crippen LogP contribution in [0.5, 0.6) is 0 Å². The highest BCUT2D eigenvalue weighted by atomic mass is 15.2. The number of para-hydroxylation sites is 6. The second-order valence-electron chi connectivity index (χ2n) is 35.7. The molecule has 0 aliphatic rings. The highest BCUT2D eigenvalue weighted by Gasteiger charge is 2.34. The normalized spacial score (nSPS) is 12.6. The molecule has 0 radical (unpaired) electrons. The van der Waals surface area contributed by atoms with E-state index in [1.54, 1.807) is 0 Å². The molecule has 7 heteroatoms. The SMILES string of the molecule is CC(C)(C)c1cc2c3cc(C(C)(C)Cc4ccc(N(c5ccccc5)c5ccc6c7c8c9ccc(N(c%10ccccc%10)c%10ccccc%10)c%10c%11cc(-c%12ccccc%12)ccc%11n(c8ccc7n7c8ccc(-c%11ccccc%11)cc8c5c67)c9%10)cc4)ccc3n3c4cc5c(cc4c(c1)c23)c1ccc(N(c2ccccc2)c2ccccc2)c2c3ccccc3n5c12. The van der Waals surface area contributed by atoms with Gasteiger partial charge in [0.15, 0.2) is 0 Å². The molecule has 0 aliphatic carbocycles. The minimum atomic E-state index is -0.247. The molecule has 0 bridgehead atoms. The fourth-order valence-electron chi connectivity index (χ4n) is 21.8. The number of fused-ring (bicyclic) bond motifs is 25. The van der Waals surface area contributed by atoms with E-state index in [2.05, 4.69) is 455 Å². The molecule has 8 aromatic heterocycles. The predicted molar refractivity (Wildman–Crippen MR) is 522 cm³/mol. The van der Waals surface area contributed by atoms with E-state index in [1.807, 2.05) is 0 Å². The van der Waals surface area contributed by atoms with Crippen LogP contribution in [0.4, 0.5) is 51.2 Å². The van der Waals surface area contributed by atoms with E-state index in [1.165, 1.54) is 191 Å². The number of hydrogen-bond donors (Lipinski definition) is 0. The Bertz CT molecular complexity index is 8660. The summed E-state index contributed by atoms with van der Waals surface area (Å²) in [6.07, 6.45) is 0.839. The molecule has 7 nitrogen and oxygen atoms in total. The average molecular weight is 1570 g/mol. The van der Waals surface area contributed by atoms with Gasteiger partial charge in [-0.1, -0.05) is 253 Å². The lowest BCUT2D eigenvalue weighted by Gasteiger charge is -2.28. The van der Waals surface area contributed by atoms with Crippen LogP contribution >= 0.6 is 0 Å². The molecule has 8 heterocycles. The first-order valence-electron chi connectivity index (χ1n) is 43.1. The maximum absolute atomic E-state index is 2.60. The topological polar surface area (TPSA) is 27.4 Å². The zero-order valence-corrected chi connectivity index (χ0v) is 68.8. The fraction of sp³-hybridized carbons (Fsp3) is 0.0690. The van der Waals surface area contributed by atoms with Crippen molar-refractivity contribution in [3.05, 3.63) is 405 Å². The Morgan fingerprint density at radius 3 is 1.01 bits per heavy atom. The van der Waals surface area contributed by atoms with Gasteiger partial charge < -0.3 is 32.3 Å². The molecule has 0 spiro atoms. The number of aromatic nitrogens is 4. The van der Waals surface area contributed by atoms with Crippen LogP contribution in [0.1, 0.15) is 51.3 Å². The van der Waals surface area contributed by atoms with E-state index in [4.69, 9.17) is 0 Å². The second-order valence-corrected chi connectivity index (χ2v) is 35.7. The highest BCUT2D eigenvalue weighted by molar-refractivity contribution is 6.39. The van der Waals surface area contributed by atoms with Crippen molar-refractivity contribution in [2.75, 3.05) is 14.7 Å². The Balaban J connectivity index is 0.616. The van der Waals surface area contributed by atoms with E-state index in [9.17, 15) is 0 Å². The van der Waals surface area contributed by atoms with Gasteiger partial charge in [-0.25, -0.2) is 0 Å². The zero-order chi connectivity index (χ0) is 81.4. The van der Waals surface area contributed by atoms with Crippen molar-refractivity contribution >= 4 is 204 Å². The molecular formula is C116H81N7. The van der Waals surface area contributed by atoms with Crippen molar-refractivity contribution in [1.29, 1.82) is 0 Å². The summed E-state index contributed by atoms with van der Waals surface area (Å²) in [4.78, 5) is 7.39. The van der Waals surface area contributed by atoms with Gasteiger partial charge in [0.2, 0.25) is 0 Å². The molecule has 0 unspecified atom stereocenters. The van der Waals surface area contributed by atoms with Crippen LogP contribution in [0.2, 0.25) is 0 Å². The van der Waals surface area contributed by atoms with Crippen molar-refractivity contribution in [3.63, 3.8) is 0 Å². The van der Waals surface area contributed by atoms with Crippen LogP contribution in [0.15, 0.2) is 388 Å². The quantitative estimate of drug-likeness (QED) is 0.109. The summed E-state index contributed by atoms with van der Waals surface area (Å²) in [6, 6.07) is 146. The Kier molecular flexibility index (Phi) is 14.6. The van der Waals surface area contributed by atoms with Gasteiger partial charge in [0.05, 0.1) is 83.3 Å². The molecule has 0 amide bonds. The molecule has 0 aliphatic heterocycles. The van der Waals surface area contributed by atoms with Crippen molar-refractivity contribution in [2.45, 2.75) is 51.9 Å². The molecule has 18 aromatic carbocycles. The zero-order valence-electron chi connectivity index (χ0n) is 68.8. The third-order valence-electron chi connectivity index (χ3n) is 27.3. The van der Waals surface area contributed by atoms with Gasteiger partial charge in [0.1, 0.15) is 0 Å². The molecule has 0 atom stereocenters. The summed E-state index contributed by atoms with van der Waals surface area (Å²) in [5, 5.41) is 20.1. The van der Waals surface area contributed by atoms with Crippen LogP contribution in [-0.4, -0.2) is 17.6 Å². The maximum atomic E-state index is 2.60. The van der Waals surface area contributed by atoms with Crippen molar-refractivity contribution in [3.8, 4) is 22.3 Å². The molecule has 0 N–H and O–H groups in total. The van der Waals surface area contributed by atoms with Gasteiger partial charge in [-0.2, -0.15) is 0 Å². The fourth-order valence-corrected chi connectivity index (χ4v) is 21.8. The largest absolute Gasteiger partial charge is 0.310 e. The molecular weight excluding hydrogens is 1490 g/mol. The first-order valence-corrected chi connectivity index (χ1v) is 43.1. The Hall–Kier alpha value is -15.4. The summed E-state index contributed by atoms with van der Waals surface area (Å²) in [7, 11) is 0. The molecule has 123 heavy (non-hydrogen) atoms. The number of rotatable bonds is 14. The maximum Gasteiger partial charge on any atom is 0.0641 e. The molecule has 0 saturated heterocycles. The second kappa shape index (κ2) is 25.8. The minimum Gasteiger partial charge on any atom is -0.310 e. The lowest BCUT2D eigenvalue weighted by molar-refractivity contribution is 0.523. The summed E-state index contributed by atoms with van der Waals surface area (Å²) in [5.41, 5.74) is 33.0. The smallest absolute Gasteiger partial charge is 0.0641 e. The lowest BCUT2D eigenvalue weighted by atomic mass is 9.78. The Labute approximate surface area is 710 Å². The van der Waals surface area contributed by atoms with E-state index in [0.717, 1.165) is 57.6 Å². The minimum absolute atomic E-state index is 0.0975. The van der Waals surface area contributed by atoms with Gasteiger partial charge in [0.25, 0.3) is 0 Å². The van der Waals surface area contributed by atoms with Crippen LogP contribution < -0.4 is 14.7 Å². The number of nitrogens with zero attached hydrogens (tertiary/aromatic N) is 7. The first kappa shape index (κ1) is 69.5. The van der Waals surface area contributed by atoms with Crippen LogP contribution in [-0.2, 0) is 17.3 Å². The Morgan fingerprint density at radius 2 is 0.545 bits per heavy atom. The van der Waals surface area contributed by atoms with Gasteiger partial charge in [-0.15, -0.1) is 0 Å². The van der Waals surface area contributed by atoms with Gasteiger partial charge >= 0.3 is 0 Å². The number of hydrogen-bond acceptors (Lipinski definition) is 3. The summed E-state index contributed by atoms with van der Waals surface area (Å²) in [6.45, 7) is 12.0. The molecule has 0 fully saturated rings. The van der Waals surface area contributed by atoms with Crippen LogP contribution in [0.3, 0.4) is 0 Å². The van der Waals surface area contributed by atoms with Crippen molar-refractivity contribution in [2.24, 2.45) is 0 Å². The third kappa shape index (κ3) is 9.99. The first-order chi connectivity index (χ1) is 60.4. The average Bonchev–Trinajstić information content (AvgIpc) is 1.51. The van der Waals surface area contributed by atoms with Crippen LogP contribution in [0.25, 0.3) is 175 Å². The highest BCUT2D eigenvalue weighted by Crippen LogP contribution is 2.56. The third-order valence-corrected chi connectivity index (χ3v) is 27.3. The van der Waals surface area contributed by atoms with Gasteiger partial charge in [0, 0.05) is 120 Å². The standard InChI is InChI=1S/C116H81N7/c1-115(2,3)77-66-91-88-65-76(49-57-96(88)122-105-69-104-89(68-90(105)92(67-77)111(91)122)84-52-58-101(108-85-43-27-28-44-95(85)123(104)112(84)108)117(78-33-17-8-18-34-78)79-35-19-9-20-36-79)116(4,5)70-71-45-50-83(51-46-71)119(82-41-25-12-26-42-82)103-60-54-87-107-100(121-98-56-48-75(73-31-15-7-16-32-73)64-94(98)110(103)114(87)121)62-61-99-106(107)86-53-59-102(118(80-37-21-10-22-38-80)81-39-23-11-24-40-81)109-93-63-74(72-29-13-6-14-30-72)47-55-97(93)120(99)113(86)109/h6-69H,70H2,1-5H3. The molecule has 0 saturated carbocycles. The van der Waals surface area contributed by atoms with Crippen molar-refractivity contribution in [1.82, 2.24) is 17.6 Å². The van der Waals surface area contributed by atoms with Crippen molar-refractivity contribution < 1.29 is 0 Å². The van der Waals surface area contributed by atoms with Gasteiger partial charge in [-0.3, -0.25) is 0 Å². The Morgan fingerprint density at radius 1 is 0.203 bits per heavy atom. The number of benzene rings is 18. The molecule has 26 aromatic rings. The monoisotopic (exact) mass is 1570 g/mol. The van der Waals surface area contributed by atoms with E-state index < -0.39 is 0 Å². The number of anilines is 9. The van der Waals surface area contributed by atoms with E-state index in [0.29, 0.717) is 0 Å². The summed E-state index contributed by atoms with van der Waals surface area (Å²) < 4.78 is 10.3. The van der Waals surface area contributed by atoms with E-state index in [-0.39, 0.29) is 10.8 Å². The van der Waals surface area contributed by atoms with Gasteiger partial charge in [-0.05, 0) is 226 Å². The van der Waals surface area contributed by atoms with E-state index >= 15 is 0 Å². The molecule has 26 rings (SSSR count). The summed E-state index contributed by atoms with van der Waals surface area (Å²) in [5.74, 6) is 0. The predicted octanol–water partition coefficient (Wildman–Crippen LogP) is 31.8. The molecule has 580 valence electrons.